The number of carbonyl (C=O) groups excluding carboxylic acids is 1. The van der Waals surface area contributed by atoms with Crippen molar-refractivity contribution in [3.05, 3.63) is 95.6 Å². The zero-order valence-corrected chi connectivity index (χ0v) is 16.8. The Morgan fingerprint density at radius 1 is 0.862 bits per heavy atom. The zero-order chi connectivity index (χ0) is 20.1. The number of benzene rings is 3. The number of hydrogen-bond acceptors (Lipinski definition) is 3. The van der Waals surface area contributed by atoms with Crippen LogP contribution in [0.4, 0.5) is 11.4 Å². The van der Waals surface area contributed by atoms with Crippen molar-refractivity contribution in [3.63, 3.8) is 0 Å². The van der Waals surface area contributed by atoms with Crippen molar-refractivity contribution in [2.24, 2.45) is 0 Å². The molecule has 0 aromatic heterocycles. The van der Waals surface area contributed by atoms with Crippen molar-refractivity contribution in [1.82, 2.24) is 4.90 Å². The van der Waals surface area contributed by atoms with E-state index in [2.05, 4.69) is 59.6 Å². The Kier molecular flexibility index (Phi) is 5.80. The second-order valence-electron chi connectivity index (χ2n) is 7.48. The average molecular weight is 386 g/mol. The molecule has 4 heteroatoms. The fourth-order valence-corrected chi connectivity index (χ4v) is 3.72. The van der Waals surface area contributed by atoms with Gasteiger partial charge in [-0.05, 0) is 42.3 Å². The first-order chi connectivity index (χ1) is 14.2. The van der Waals surface area contributed by atoms with E-state index in [1.165, 1.54) is 16.8 Å². The number of carbonyl (C=O) groups is 1. The second-order valence-corrected chi connectivity index (χ2v) is 7.48. The van der Waals surface area contributed by atoms with Gasteiger partial charge in [0.05, 0.1) is 0 Å². The summed E-state index contributed by atoms with van der Waals surface area (Å²) in [7, 11) is 0. The summed E-state index contributed by atoms with van der Waals surface area (Å²) in [6, 6.07) is 26.6. The number of nitrogens with zero attached hydrogens (tertiary/aromatic N) is 2. The summed E-state index contributed by atoms with van der Waals surface area (Å²) in [5, 5.41) is 3.57. The number of anilines is 2. The van der Waals surface area contributed by atoms with Crippen LogP contribution in [0.3, 0.4) is 0 Å². The number of aryl methyl sites for hydroxylation is 1. The lowest BCUT2D eigenvalue weighted by atomic mass is 10.1. The predicted octanol–water partition coefficient (Wildman–Crippen LogP) is 4.57. The van der Waals surface area contributed by atoms with Gasteiger partial charge in [-0.15, -0.1) is 0 Å². The summed E-state index contributed by atoms with van der Waals surface area (Å²) in [6.45, 7) is 6.13. The summed E-state index contributed by atoms with van der Waals surface area (Å²) >= 11 is 0. The summed E-state index contributed by atoms with van der Waals surface area (Å²) in [4.78, 5) is 17.0. The fraction of sp³-hybridized carbons (Fsp3) is 0.240. The Labute approximate surface area is 172 Å². The molecule has 4 nitrogen and oxygen atoms in total. The second kappa shape index (κ2) is 8.82. The Balaban J connectivity index is 1.39. The minimum atomic E-state index is 0.124. The minimum Gasteiger partial charge on any atom is -0.381 e. The van der Waals surface area contributed by atoms with Gasteiger partial charge in [-0.2, -0.15) is 0 Å². The lowest BCUT2D eigenvalue weighted by Gasteiger charge is -2.36. The number of nitrogens with one attached hydrogen (secondary N) is 1. The molecule has 0 atom stereocenters. The van der Waals surface area contributed by atoms with E-state index in [0.29, 0.717) is 0 Å². The maximum absolute atomic E-state index is 12.7. The van der Waals surface area contributed by atoms with Crippen LogP contribution < -0.4 is 10.2 Å². The molecule has 0 bridgehead atoms. The summed E-state index contributed by atoms with van der Waals surface area (Å²) in [5.74, 6) is 0.124. The van der Waals surface area contributed by atoms with E-state index in [9.17, 15) is 4.79 Å². The molecule has 1 amide bonds. The van der Waals surface area contributed by atoms with Gasteiger partial charge >= 0.3 is 0 Å². The SMILES string of the molecule is Cc1ccc(N2CCN(C(=O)c3ccccc3)CC2)cc1NCc1ccccc1. The average Bonchev–Trinajstić information content (AvgIpc) is 2.79. The maximum Gasteiger partial charge on any atom is 0.253 e. The molecule has 4 rings (SSSR count). The van der Waals surface area contributed by atoms with Gasteiger partial charge in [-0.25, -0.2) is 0 Å². The highest BCUT2D eigenvalue weighted by molar-refractivity contribution is 5.94. The van der Waals surface area contributed by atoms with Crippen LogP contribution in [0.5, 0.6) is 0 Å². The largest absolute Gasteiger partial charge is 0.381 e. The Morgan fingerprint density at radius 3 is 2.21 bits per heavy atom. The van der Waals surface area contributed by atoms with Crippen LogP contribution in [-0.2, 0) is 6.54 Å². The van der Waals surface area contributed by atoms with Crippen LogP contribution in [0.1, 0.15) is 21.5 Å². The van der Waals surface area contributed by atoms with Gasteiger partial charge in [-0.1, -0.05) is 54.6 Å². The van der Waals surface area contributed by atoms with Gasteiger partial charge in [-0.3, -0.25) is 4.79 Å². The van der Waals surface area contributed by atoms with Crippen molar-refractivity contribution < 1.29 is 4.79 Å². The van der Waals surface area contributed by atoms with Crippen LogP contribution >= 0.6 is 0 Å². The van der Waals surface area contributed by atoms with Gasteiger partial charge < -0.3 is 15.1 Å². The smallest absolute Gasteiger partial charge is 0.253 e. The number of amides is 1. The van der Waals surface area contributed by atoms with Crippen molar-refractivity contribution in [2.45, 2.75) is 13.5 Å². The third-order valence-electron chi connectivity index (χ3n) is 5.50. The van der Waals surface area contributed by atoms with Crippen molar-refractivity contribution in [2.75, 3.05) is 36.4 Å². The maximum atomic E-state index is 12.7. The number of hydrogen-bond donors (Lipinski definition) is 1. The van der Waals surface area contributed by atoms with E-state index in [0.717, 1.165) is 44.0 Å². The first kappa shape index (κ1) is 19.1. The topological polar surface area (TPSA) is 35.6 Å². The molecule has 1 heterocycles. The third kappa shape index (κ3) is 4.60. The lowest BCUT2D eigenvalue weighted by molar-refractivity contribution is 0.0747. The highest BCUT2D eigenvalue weighted by Crippen LogP contribution is 2.25. The number of rotatable bonds is 5. The molecule has 3 aromatic carbocycles. The van der Waals surface area contributed by atoms with E-state index in [1.807, 2.05) is 41.3 Å². The quantitative estimate of drug-likeness (QED) is 0.699. The van der Waals surface area contributed by atoms with E-state index >= 15 is 0 Å². The van der Waals surface area contributed by atoms with Crippen LogP contribution in [0.25, 0.3) is 0 Å². The highest BCUT2D eigenvalue weighted by atomic mass is 16.2. The molecule has 1 aliphatic rings. The van der Waals surface area contributed by atoms with Gasteiger partial charge in [0.25, 0.3) is 5.91 Å². The molecule has 148 valence electrons. The van der Waals surface area contributed by atoms with Crippen molar-refractivity contribution in [1.29, 1.82) is 0 Å². The molecule has 0 spiro atoms. The molecular weight excluding hydrogens is 358 g/mol. The monoisotopic (exact) mass is 385 g/mol. The molecule has 0 saturated carbocycles. The highest BCUT2D eigenvalue weighted by Gasteiger charge is 2.22. The van der Waals surface area contributed by atoms with Crippen LogP contribution in [0, 0.1) is 6.92 Å². The molecule has 0 unspecified atom stereocenters. The van der Waals surface area contributed by atoms with Gasteiger partial charge in [0.1, 0.15) is 0 Å². The van der Waals surface area contributed by atoms with Gasteiger partial charge in [0, 0.05) is 49.7 Å². The number of piperazine rings is 1. The van der Waals surface area contributed by atoms with Crippen LogP contribution in [0.15, 0.2) is 78.9 Å². The first-order valence-corrected chi connectivity index (χ1v) is 10.2. The lowest BCUT2D eigenvalue weighted by Crippen LogP contribution is -2.48. The van der Waals surface area contributed by atoms with E-state index in [-0.39, 0.29) is 5.91 Å². The van der Waals surface area contributed by atoms with Gasteiger partial charge in [0.15, 0.2) is 0 Å². The van der Waals surface area contributed by atoms with E-state index in [1.54, 1.807) is 0 Å². The molecular formula is C25H27N3O. The Morgan fingerprint density at radius 2 is 1.52 bits per heavy atom. The van der Waals surface area contributed by atoms with Crippen molar-refractivity contribution >= 4 is 17.3 Å². The molecule has 0 radical (unpaired) electrons. The minimum absolute atomic E-state index is 0.124. The molecule has 1 N–H and O–H groups in total. The predicted molar refractivity (Wildman–Crippen MR) is 120 cm³/mol. The van der Waals surface area contributed by atoms with E-state index < -0.39 is 0 Å². The normalized spacial score (nSPS) is 14.0. The molecule has 3 aromatic rings. The Bertz CT molecular complexity index is 948. The summed E-state index contributed by atoms with van der Waals surface area (Å²) < 4.78 is 0. The van der Waals surface area contributed by atoms with Crippen molar-refractivity contribution in [3.8, 4) is 0 Å². The summed E-state index contributed by atoms with van der Waals surface area (Å²) in [6.07, 6.45) is 0. The van der Waals surface area contributed by atoms with Gasteiger partial charge in [0.2, 0.25) is 0 Å². The fourth-order valence-electron chi connectivity index (χ4n) is 3.72. The third-order valence-corrected chi connectivity index (χ3v) is 5.50. The standard InChI is InChI=1S/C25H27N3O/c1-20-12-13-23(18-24(20)26-19-21-8-4-2-5-9-21)27-14-16-28(17-15-27)25(29)22-10-6-3-7-11-22/h2-13,18,26H,14-17,19H2,1H3. The molecule has 0 aliphatic carbocycles. The molecule has 1 fully saturated rings. The van der Waals surface area contributed by atoms with E-state index in [4.69, 9.17) is 0 Å². The zero-order valence-electron chi connectivity index (χ0n) is 16.8. The first-order valence-electron chi connectivity index (χ1n) is 10.2. The molecule has 1 aliphatic heterocycles. The summed E-state index contributed by atoms with van der Waals surface area (Å²) in [5.41, 5.74) is 5.64. The van der Waals surface area contributed by atoms with Crippen LogP contribution in [0.2, 0.25) is 0 Å². The van der Waals surface area contributed by atoms with Crippen LogP contribution in [-0.4, -0.2) is 37.0 Å². The molecule has 1 saturated heterocycles. The molecule has 29 heavy (non-hydrogen) atoms. The Hall–Kier alpha value is -3.27.